The summed E-state index contributed by atoms with van der Waals surface area (Å²) in [5, 5.41) is 45.1. The maximum atomic E-state index is 9.95. The monoisotopic (exact) mass is 1550 g/mol. The summed E-state index contributed by atoms with van der Waals surface area (Å²) in [6.07, 6.45) is 5.50. The molecule has 122 heavy (non-hydrogen) atoms. The number of fused-ring (bicyclic) bond motifs is 11. The Kier molecular flexibility index (Phi) is 16.0. The third-order valence-corrected chi connectivity index (χ3v) is 25.2. The summed E-state index contributed by atoms with van der Waals surface area (Å²) in [6.45, 7) is 0. The zero-order valence-corrected chi connectivity index (χ0v) is 65.8. The summed E-state index contributed by atoms with van der Waals surface area (Å²) in [5.41, 5.74) is 27.0. The first-order valence-corrected chi connectivity index (χ1v) is 41.3. The van der Waals surface area contributed by atoms with Crippen molar-refractivity contribution in [3.05, 3.63) is 418 Å². The van der Waals surface area contributed by atoms with Crippen molar-refractivity contribution in [2.45, 2.75) is 0 Å². The van der Waals surface area contributed by atoms with Gasteiger partial charge >= 0.3 is 0 Å². The molecule has 0 bridgehead atoms. The molecule has 0 amide bonds. The average molecular weight is 1550 g/mol. The van der Waals surface area contributed by atoms with E-state index in [1.165, 1.54) is 130 Å². The summed E-state index contributed by atoms with van der Waals surface area (Å²) in [5.74, 6) is 0. The highest BCUT2D eigenvalue weighted by Gasteiger charge is 2.25. The van der Waals surface area contributed by atoms with Crippen molar-refractivity contribution in [2.24, 2.45) is 0 Å². The second-order valence-corrected chi connectivity index (χ2v) is 31.9. The Balaban J connectivity index is 0.000000138. The van der Waals surface area contributed by atoms with Gasteiger partial charge in [-0.2, -0.15) is 10.5 Å². The Hall–Kier alpha value is -16.7. The Morgan fingerprint density at radius 1 is 0.213 bits per heavy atom. The Bertz CT molecular complexity index is 8670. The van der Waals surface area contributed by atoms with Crippen LogP contribution in [0, 0.1) is 22.7 Å². The van der Waals surface area contributed by atoms with Crippen molar-refractivity contribution in [2.75, 3.05) is 0 Å². The first-order valence-electron chi connectivity index (χ1n) is 41.3. The van der Waals surface area contributed by atoms with Crippen molar-refractivity contribution in [3.63, 3.8) is 0 Å². The van der Waals surface area contributed by atoms with Gasteiger partial charge in [0.1, 0.15) is 0 Å². The van der Waals surface area contributed by atoms with Gasteiger partial charge in [-0.05, 0) is 275 Å². The smallest absolute Gasteiger partial charge is 0.0992 e. The summed E-state index contributed by atoms with van der Waals surface area (Å²) in [6, 6.07) is 144. The van der Waals surface area contributed by atoms with Gasteiger partial charge in [-0.25, -0.2) is 4.98 Å². The number of nitrogens with zero attached hydrogens (tertiary/aromatic N) is 7. The molecule has 0 aliphatic rings. The topological polar surface area (TPSA) is 96.1 Å². The molecule has 5 heterocycles. The molecule has 562 valence electrons. The molecule has 7 nitrogen and oxygen atoms in total. The third kappa shape index (κ3) is 11.2. The number of rotatable bonds is 10. The zero-order chi connectivity index (χ0) is 80.6. The van der Waals surface area contributed by atoms with Gasteiger partial charge in [0.2, 0.25) is 0 Å². The second-order valence-electron chi connectivity index (χ2n) is 31.9. The zero-order valence-electron chi connectivity index (χ0n) is 65.8. The maximum Gasteiger partial charge on any atom is 0.0992 e. The van der Waals surface area contributed by atoms with Crippen LogP contribution in [-0.4, -0.2) is 24.1 Å². The first kappa shape index (κ1) is 69.6. The van der Waals surface area contributed by atoms with Crippen molar-refractivity contribution in [1.29, 1.82) is 10.5 Å². The fourth-order valence-corrected chi connectivity index (χ4v) is 19.7. The predicted molar refractivity (Wildman–Crippen MR) is 508 cm³/mol. The van der Waals surface area contributed by atoms with Crippen molar-refractivity contribution in [3.8, 4) is 113 Å². The van der Waals surface area contributed by atoms with Crippen LogP contribution in [0.3, 0.4) is 0 Å². The van der Waals surface area contributed by atoms with Crippen LogP contribution in [0.2, 0.25) is 0 Å². The van der Waals surface area contributed by atoms with Crippen LogP contribution >= 0.6 is 0 Å². The molecule has 0 atom stereocenters. The quantitative estimate of drug-likeness (QED) is 0.127. The number of pyridine rings is 3. The van der Waals surface area contributed by atoms with Gasteiger partial charge in [0.25, 0.3) is 0 Å². The van der Waals surface area contributed by atoms with Crippen LogP contribution in [0.1, 0.15) is 11.1 Å². The lowest BCUT2D eigenvalue weighted by Crippen LogP contribution is -1.94. The second kappa shape index (κ2) is 28.0. The van der Waals surface area contributed by atoms with Crippen LogP contribution in [0.4, 0.5) is 0 Å². The molecule has 0 spiro atoms. The summed E-state index contributed by atoms with van der Waals surface area (Å²) in [4.78, 5) is 14.1. The number of para-hydroxylation sites is 3. The average Bonchev–Trinajstić information content (AvgIpc) is 1.44. The highest BCUT2D eigenvalue weighted by Crippen LogP contribution is 2.49. The lowest BCUT2D eigenvalue weighted by atomic mass is 9.87. The standard InChI is InChI=1S/C60H35N3.C55H32N4/c61-36-37-30-43-27-28-44-32-45(33-57-59(44)58(43)56(31-37)63(57)46-12-2-1-3-13-46)38-19-21-40(22-20-38)52-34-54-51-17-7-5-15-49(51)53(35-55(54)50-16-6-4-14-48(50)52)41-25-23-39(24-26-41)47-18-8-10-42-11-9-29-62-60(42)47;56-33-34-27-38-21-22-39-29-40(30-53-55(39)54(38)52(28-34)59(53)41-9-2-1-3-10-41)35-17-19-36(20-18-35)46-31-47-44-13-6-7-14-45(44)49(32-48(47)43-12-5-4-11-42(43)46)51-16-8-15-50(58-51)37-23-25-57-26-24-37/h1-35H;1-32H. The van der Waals surface area contributed by atoms with Crippen molar-refractivity contribution in [1.82, 2.24) is 24.1 Å². The summed E-state index contributed by atoms with van der Waals surface area (Å²) >= 11 is 0. The van der Waals surface area contributed by atoms with Crippen LogP contribution in [-0.2, 0) is 0 Å². The van der Waals surface area contributed by atoms with Crippen LogP contribution in [0.5, 0.6) is 0 Å². The van der Waals surface area contributed by atoms with Crippen molar-refractivity contribution >= 4 is 141 Å². The SMILES string of the molecule is N#Cc1cc2ccc3cc(-c4ccc(-c5cc6c7ccccc7c(-c7ccc(-c8cccc9cccnc89)cc7)cc6c6ccccc56)cc4)cc4c3c2c(c1)n4-c1ccccc1.N#Cc1cc2ccc3cc(-c4ccc(-c5cc6c7ccccc7c(-c7cccc(-c8ccncc8)n7)cc6c6ccccc56)cc4)cc4c3c2c(c1)n4-c1ccccc1. The minimum absolute atomic E-state index is 0.662. The molecule has 7 heteroatoms. The molecule has 20 aromatic carbocycles. The Morgan fingerprint density at radius 3 is 1.00 bits per heavy atom. The van der Waals surface area contributed by atoms with E-state index in [4.69, 9.17) is 9.97 Å². The fourth-order valence-electron chi connectivity index (χ4n) is 19.7. The number of aromatic nitrogens is 5. The van der Waals surface area contributed by atoms with E-state index in [9.17, 15) is 10.5 Å². The van der Waals surface area contributed by atoms with E-state index in [0.29, 0.717) is 11.1 Å². The molecule has 25 rings (SSSR count). The van der Waals surface area contributed by atoms with Crippen LogP contribution < -0.4 is 0 Å². The lowest BCUT2D eigenvalue weighted by molar-refractivity contribution is 1.18. The van der Waals surface area contributed by atoms with E-state index in [0.717, 1.165) is 111 Å². The Labute approximate surface area is 701 Å². The van der Waals surface area contributed by atoms with E-state index in [1.807, 2.05) is 73.2 Å². The largest absolute Gasteiger partial charge is 0.309 e. The number of hydrogen-bond donors (Lipinski definition) is 0. The van der Waals surface area contributed by atoms with E-state index < -0.39 is 0 Å². The third-order valence-electron chi connectivity index (χ3n) is 25.2. The fraction of sp³-hybridized carbons (Fsp3) is 0. The molecule has 0 unspecified atom stereocenters. The predicted octanol–water partition coefficient (Wildman–Crippen LogP) is 30.1. The molecular formula is C115H67N7. The van der Waals surface area contributed by atoms with E-state index in [2.05, 4.69) is 360 Å². The molecule has 0 saturated heterocycles. The molecule has 0 radical (unpaired) electrons. The maximum absolute atomic E-state index is 9.95. The molecule has 25 aromatic rings. The van der Waals surface area contributed by atoms with Gasteiger partial charge in [0.15, 0.2) is 0 Å². The number of hydrogen-bond acceptors (Lipinski definition) is 5. The van der Waals surface area contributed by atoms with Crippen LogP contribution in [0.25, 0.3) is 241 Å². The van der Waals surface area contributed by atoms with Gasteiger partial charge < -0.3 is 9.13 Å². The van der Waals surface area contributed by atoms with Gasteiger partial charge in [0.05, 0.1) is 62.2 Å². The lowest BCUT2D eigenvalue weighted by Gasteiger charge is -2.16. The molecular weight excluding hydrogens is 1480 g/mol. The van der Waals surface area contributed by atoms with Gasteiger partial charge in [-0.3, -0.25) is 9.97 Å². The summed E-state index contributed by atoms with van der Waals surface area (Å²) in [7, 11) is 0. The highest BCUT2D eigenvalue weighted by atomic mass is 15.0. The van der Waals surface area contributed by atoms with Gasteiger partial charge in [0, 0.05) is 73.6 Å². The minimum atomic E-state index is 0.662. The number of nitriles is 2. The Morgan fingerprint density at radius 2 is 0.566 bits per heavy atom. The van der Waals surface area contributed by atoms with E-state index in [1.54, 1.807) is 0 Å². The first-order chi connectivity index (χ1) is 60.4. The summed E-state index contributed by atoms with van der Waals surface area (Å²) < 4.78 is 4.63. The molecule has 0 N–H and O–H groups in total. The number of benzene rings is 20. The highest BCUT2D eigenvalue weighted by molar-refractivity contribution is 6.29. The molecule has 0 aliphatic heterocycles. The normalized spacial score (nSPS) is 11.8. The molecule has 0 fully saturated rings. The van der Waals surface area contributed by atoms with Gasteiger partial charge in [-0.15, -0.1) is 0 Å². The molecule has 0 saturated carbocycles. The van der Waals surface area contributed by atoms with E-state index >= 15 is 0 Å². The molecule has 0 aliphatic carbocycles. The van der Waals surface area contributed by atoms with Gasteiger partial charge in [-0.1, -0.05) is 261 Å². The van der Waals surface area contributed by atoms with Crippen molar-refractivity contribution < 1.29 is 0 Å². The minimum Gasteiger partial charge on any atom is -0.309 e. The van der Waals surface area contributed by atoms with E-state index in [-0.39, 0.29) is 0 Å². The van der Waals surface area contributed by atoms with Crippen LogP contribution in [0.15, 0.2) is 407 Å². The molecule has 5 aromatic heterocycles.